The quantitative estimate of drug-likeness (QED) is 0.498. The number of carboxylic acids is 1. The van der Waals surface area contributed by atoms with Gasteiger partial charge in [-0.15, -0.1) is 0 Å². The van der Waals surface area contributed by atoms with Crippen molar-refractivity contribution in [2.75, 3.05) is 25.1 Å². The van der Waals surface area contributed by atoms with Crippen LogP contribution in [0.25, 0.3) is 11.1 Å². The summed E-state index contributed by atoms with van der Waals surface area (Å²) in [4.78, 5) is 36.9. The Morgan fingerprint density at radius 1 is 1.14 bits per heavy atom. The molecule has 1 aliphatic heterocycles. The van der Waals surface area contributed by atoms with E-state index in [1.807, 2.05) is 36.4 Å². The molecule has 2 amide bonds. The third kappa shape index (κ3) is 4.12. The van der Waals surface area contributed by atoms with Crippen LogP contribution in [0.2, 0.25) is 0 Å². The first-order valence-electron chi connectivity index (χ1n) is 11.2. The van der Waals surface area contributed by atoms with E-state index in [2.05, 4.69) is 27.9 Å². The van der Waals surface area contributed by atoms with Gasteiger partial charge in [0.2, 0.25) is 0 Å². The average Bonchev–Trinajstić information content (AvgIpc) is 3.54. The van der Waals surface area contributed by atoms with Crippen LogP contribution in [0.5, 0.6) is 0 Å². The Hall–Kier alpha value is -4.18. The molecule has 0 saturated carbocycles. The molecule has 1 aliphatic carbocycles. The number of aromatic nitrogens is 2. The topological polar surface area (TPSA) is 132 Å². The largest absolute Gasteiger partial charge is 0.479 e. The van der Waals surface area contributed by atoms with Gasteiger partial charge in [-0.2, -0.15) is 5.10 Å². The van der Waals surface area contributed by atoms with Gasteiger partial charge in [-0.05, 0) is 22.3 Å². The van der Waals surface area contributed by atoms with Crippen molar-refractivity contribution in [3.63, 3.8) is 0 Å². The number of anilines is 1. The molecule has 3 N–H and O–H groups in total. The number of hydrogen-bond acceptors (Lipinski definition) is 6. The van der Waals surface area contributed by atoms with Gasteiger partial charge in [-0.25, -0.2) is 9.59 Å². The summed E-state index contributed by atoms with van der Waals surface area (Å²) in [7, 11) is 1.52. The molecule has 10 nitrogen and oxygen atoms in total. The van der Waals surface area contributed by atoms with Gasteiger partial charge < -0.3 is 19.9 Å². The lowest BCUT2D eigenvalue weighted by Crippen LogP contribution is -2.55. The fourth-order valence-electron chi connectivity index (χ4n) is 4.65. The molecule has 180 valence electrons. The van der Waals surface area contributed by atoms with Gasteiger partial charge in [-0.3, -0.25) is 14.8 Å². The summed E-state index contributed by atoms with van der Waals surface area (Å²) in [5.41, 5.74) is 3.06. The number of carboxylic acid groups (broad SMARTS) is 1. The molecule has 2 aromatic carbocycles. The van der Waals surface area contributed by atoms with Crippen molar-refractivity contribution in [3.05, 3.63) is 71.4 Å². The first kappa shape index (κ1) is 22.6. The van der Waals surface area contributed by atoms with Crippen LogP contribution in [0.4, 0.5) is 10.6 Å². The molecule has 0 spiro atoms. The Bertz CT molecular complexity index is 1270. The summed E-state index contributed by atoms with van der Waals surface area (Å²) >= 11 is 0. The highest BCUT2D eigenvalue weighted by Crippen LogP contribution is 2.44. The molecule has 1 unspecified atom stereocenters. The number of carbonyl (C=O) groups is 3. The van der Waals surface area contributed by atoms with E-state index < -0.39 is 23.5 Å². The normalized spacial score (nSPS) is 18.5. The van der Waals surface area contributed by atoms with E-state index in [1.165, 1.54) is 17.8 Å². The number of carbonyl (C=O) groups excluding carboxylic acids is 2. The molecule has 2 aliphatic rings. The van der Waals surface area contributed by atoms with Gasteiger partial charge in [0.1, 0.15) is 12.3 Å². The number of aliphatic carboxylic acids is 1. The van der Waals surface area contributed by atoms with E-state index in [1.54, 1.807) is 0 Å². The standard InChI is InChI=1S/C25H24N4O6/c1-29-20(22(30)27-25(23(31)32)10-11-34-14-25)12-21(28-29)26-24(33)35-13-19-17-8-4-2-6-15(17)16-7-3-5-9-18(16)19/h2-9,12,19H,10-11,13-14H2,1H3,(H,27,30)(H,31,32)(H,26,28,33). The first-order valence-corrected chi connectivity index (χ1v) is 11.2. The molecule has 2 heterocycles. The zero-order valence-electron chi connectivity index (χ0n) is 19.0. The van der Waals surface area contributed by atoms with Gasteiger partial charge in [0, 0.05) is 32.1 Å². The highest BCUT2D eigenvalue weighted by atomic mass is 16.5. The fraction of sp³-hybridized carbons (Fsp3) is 0.280. The summed E-state index contributed by atoms with van der Waals surface area (Å²) in [6.07, 6.45) is -0.542. The number of hydrogen-bond donors (Lipinski definition) is 3. The Labute approximate surface area is 200 Å². The van der Waals surface area contributed by atoms with Crippen molar-refractivity contribution in [1.82, 2.24) is 15.1 Å². The molecule has 0 bridgehead atoms. The molecule has 10 heteroatoms. The number of ether oxygens (including phenoxy) is 2. The molecular formula is C25H24N4O6. The summed E-state index contributed by atoms with van der Waals surface area (Å²) < 4.78 is 11.9. The van der Waals surface area contributed by atoms with Crippen LogP contribution in [-0.2, 0) is 21.3 Å². The third-order valence-corrected chi connectivity index (χ3v) is 6.47. The first-order chi connectivity index (χ1) is 16.9. The number of rotatable bonds is 6. The zero-order valence-corrected chi connectivity index (χ0v) is 19.0. The maximum atomic E-state index is 12.7. The molecule has 1 saturated heterocycles. The van der Waals surface area contributed by atoms with Crippen LogP contribution in [0, 0.1) is 0 Å². The van der Waals surface area contributed by atoms with Gasteiger partial charge in [0.05, 0.1) is 6.61 Å². The molecular weight excluding hydrogens is 452 g/mol. The number of benzene rings is 2. The SMILES string of the molecule is Cn1nc(NC(=O)OCC2c3ccccc3-c3ccccc32)cc1C(=O)NC1(C(=O)O)CCOC1. The minimum absolute atomic E-state index is 0.0842. The van der Waals surface area contributed by atoms with E-state index in [9.17, 15) is 19.5 Å². The van der Waals surface area contributed by atoms with Crippen LogP contribution in [-0.4, -0.2) is 58.2 Å². The average molecular weight is 476 g/mol. The van der Waals surface area contributed by atoms with Crippen molar-refractivity contribution >= 4 is 23.8 Å². The second-order valence-corrected chi connectivity index (χ2v) is 8.63. The Balaban J connectivity index is 1.24. The van der Waals surface area contributed by atoms with E-state index in [4.69, 9.17) is 9.47 Å². The second kappa shape index (κ2) is 8.88. The van der Waals surface area contributed by atoms with Crippen LogP contribution in [0.3, 0.4) is 0 Å². The molecule has 3 aromatic rings. The van der Waals surface area contributed by atoms with Crippen LogP contribution in [0.15, 0.2) is 54.6 Å². The minimum atomic E-state index is -1.48. The summed E-state index contributed by atoms with van der Waals surface area (Å²) in [6.45, 7) is 0.268. The van der Waals surface area contributed by atoms with Crippen molar-refractivity contribution < 1.29 is 29.0 Å². The van der Waals surface area contributed by atoms with Crippen molar-refractivity contribution in [2.24, 2.45) is 7.05 Å². The smallest absolute Gasteiger partial charge is 0.412 e. The fourth-order valence-corrected chi connectivity index (χ4v) is 4.65. The van der Waals surface area contributed by atoms with E-state index >= 15 is 0 Å². The third-order valence-electron chi connectivity index (χ3n) is 6.47. The predicted octanol–water partition coefficient (Wildman–Crippen LogP) is 2.75. The highest BCUT2D eigenvalue weighted by molar-refractivity contribution is 5.98. The number of nitrogens with one attached hydrogen (secondary N) is 2. The van der Waals surface area contributed by atoms with E-state index in [0.717, 1.165) is 22.3 Å². The van der Waals surface area contributed by atoms with Crippen LogP contribution < -0.4 is 10.6 Å². The number of nitrogens with zero attached hydrogens (tertiary/aromatic N) is 2. The molecule has 1 atom stereocenters. The van der Waals surface area contributed by atoms with Gasteiger partial charge in [0.25, 0.3) is 5.91 Å². The monoisotopic (exact) mass is 476 g/mol. The Morgan fingerprint density at radius 3 is 2.40 bits per heavy atom. The molecule has 5 rings (SSSR count). The predicted molar refractivity (Wildman–Crippen MR) is 125 cm³/mol. The minimum Gasteiger partial charge on any atom is -0.479 e. The second-order valence-electron chi connectivity index (χ2n) is 8.63. The number of amides is 2. The maximum absolute atomic E-state index is 12.7. The maximum Gasteiger partial charge on any atom is 0.412 e. The van der Waals surface area contributed by atoms with Gasteiger partial charge in [0.15, 0.2) is 11.4 Å². The lowest BCUT2D eigenvalue weighted by Gasteiger charge is -2.23. The van der Waals surface area contributed by atoms with Gasteiger partial charge in [-0.1, -0.05) is 48.5 Å². The van der Waals surface area contributed by atoms with Crippen LogP contribution >= 0.6 is 0 Å². The summed E-state index contributed by atoms with van der Waals surface area (Å²) in [5, 5.41) is 18.7. The summed E-state index contributed by atoms with van der Waals surface area (Å²) in [5.74, 6) is -1.77. The lowest BCUT2D eigenvalue weighted by atomic mass is 9.98. The number of aryl methyl sites for hydroxylation is 1. The van der Waals surface area contributed by atoms with E-state index in [-0.39, 0.29) is 43.7 Å². The number of fused-ring (bicyclic) bond motifs is 3. The molecule has 1 fully saturated rings. The summed E-state index contributed by atoms with van der Waals surface area (Å²) in [6, 6.07) is 17.4. The van der Waals surface area contributed by atoms with Crippen molar-refractivity contribution in [3.8, 4) is 11.1 Å². The zero-order chi connectivity index (χ0) is 24.6. The lowest BCUT2D eigenvalue weighted by molar-refractivity contribution is -0.144. The molecule has 1 aromatic heterocycles. The highest BCUT2D eigenvalue weighted by Gasteiger charge is 2.44. The van der Waals surface area contributed by atoms with Crippen LogP contribution in [0.1, 0.15) is 34.0 Å². The Kier molecular flexibility index (Phi) is 5.73. The Morgan fingerprint density at radius 2 is 1.80 bits per heavy atom. The van der Waals surface area contributed by atoms with Crippen molar-refractivity contribution in [2.45, 2.75) is 17.9 Å². The van der Waals surface area contributed by atoms with E-state index in [0.29, 0.717) is 0 Å². The molecule has 0 radical (unpaired) electrons. The van der Waals surface area contributed by atoms with Gasteiger partial charge >= 0.3 is 12.1 Å². The van der Waals surface area contributed by atoms with Crippen molar-refractivity contribution in [1.29, 1.82) is 0 Å². The molecule has 35 heavy (non-hydrogen) atoms.